The highest BCUT2D eigenvalue weighted by atomic mass is 32.1. The molecule has 0 spiro atoms. The molecule has 2 aliphatic rings. The Hall–Kier alpha value is -0.760. The lowest BCUT2D eigenvalue weighted by Gasteiger charge is -2.46. The van der Waals surface area contributed by atoms with Gasteiger partial charge in [-0.25, -0.2) is 4.68 Å². The number of aliphatic hydroxyl groups excluding tert-OH is 1. The number of aliphatic hydroxyl groups is 1. The summed E-state index contributed by atoms with van der Waals surface area (Å²) >= 11 is 5.60. The molecule has 3 heterocycles. The van der Waals surface area contributed by atoms with Crippen LogP contribution in [0.15, 0.2) is 0 Å². The highest BCUT2D eigenvalue weighted by Gasteiger charge is 2.35. The molecule has 6 nitrogen and oxygen atoms in total. The van der Waals surface area contributed by atoms with E-state index in [1.807, 2.05) is 9.25 Å². The first-order valence-corrected chi connectivity index (χ1v) is 9.24. The van der Waals surface area contributed by atoms with E-state index in [2.05, 4.69) is 28.9 Å². The number of piperidine rings is 2. The van der Waals surface area contributed by atoms with E-state index in [4.69, 9.17) is 12.2 Å². The number of hydrogen-bond donors (Lipinski definition) is 1. The van der Waals surface area contributed by atoms with Crippen molar-refractivity contribution in [3.8, 4) is 0 Å². The van der Waals surface area contributed by atoms with Crippen LogP contribution in [0.4, 0.5) is 0 Å². The lowest BCUT2D eigenvalue weighted by molar-refractivity contribution is 0.00917. The molecule has 130 valence electrons. The lowest BCUT2D eigenvalue weighted by Crippen LogP contribution is -2.53. The van der Waals surface area contributed by atoms with Crippen LogP contribution in [-0.2, 0) is 19.8 Å². The SMILES string of the molecule is CCCn1c(CO)nn(CN2CCCC3CN(C)CCC32)c1=S. The van der Waals surface area contributed by atoms with Gasteiger partial charge in [0, 0.05) is 25.7 Å². The summed E-state index contributed by atoms with van der Waals surface area (Å²) in [4.78, 5) is 5.01. The summed E-state index contributed by atoms with van der Waals surface area (Å²) in [5, 5.41) is 14.1. The monoisotopic (exact) mass is 339 g/mol. The predicted octanol–water partition coefficient (Wildman–Crippen LogP) is 1.69. The smallest absolute Gasteiger partial charge is 0.199 e. The van der Waals surface area contributed by atoms with Crippen molar-refractivity contribution in [3.05, 3.63) is 10.6 Å². The first-order chi connectivity index (χ1) is 11.1. The summed E-state index contributed by atoms with van der Waals surface area (Å²) in [6.45, 7) is 7.16. The third kappa shape index (κ3) is 3.52. The Morgan fingerprint density at radius 3 is 2.87 bits per heavy atom. The van der Waals surface area contributed by atoms with Crippen LogP contribution >= 0.6 is 12.2 Å². The molecule has 3 rings (SSSR count). The summed E-state index contributed by atoms with van der Waals surface area (Å²) in [5.74, 6) is 1.46. The minimum absolute atomic E-state index is 0.0481. The van der Waals surface area contributed by atoms with Crippen molar-refractivity contribution in [2.24, 2.45) is 5.92 Å². The van der Waals surface area contributed by atoms with Gasteiger partial charge in [-0.15, -0.1) is 0 Å². The Balaban J connectivity index is 1.77. The van der Waals surface area contributed by atoms with E-state index in [0.717, 1.165) is 36.9 Å². The van der Waals surface area contributed by atoms with E-state index < -0.39 is 0 Å². The maximum Gasteiger partial charge on any atom is 0.199 e. The Bertz CT molecular complexity index is 584. The van der Waals surface area contributed by atoms with Crippen molar-refractivity contribution in [2.45, 2.75) is 58.5 Å². The molecule has 2 fully saturated rings. The second kappa shape index (κ2) is 7.42. The molecule has 0 aliphatic carbocycles. The van der Waals surface area contributed by atoms with Gasteiger partial charge in [0.1, 0.15) is 6.61 Å². The summed E-state index contributed by atoms with van der Waals surface area (Å²) < 4.78 is 4.63. The average Bonchev–Trinajstić information content (AvgIpc) is 2.84. The summed E-state index contributed by atoms with van der Waals surface area (Å²) in [6, 6.07) is 0.649. The molecule has 2 unspecified atom stereocenters. The highest BCUT2D eigenvalue weighted by Crippen LogP contribution is 2.30. The molecule has 0 saturated carbocycles. The van der Waals surface area contributed by atoms with Crippen molar-refractivity contribution in [1.82, 2.24) is 24.1 Å². The van der Waals surface area contributed by atoms with Gasteiger partial charge in [0.05, 0.1) is 6.67 Å². The van der Waals surface area contributed by atoms with Gasteiger partial charge in [-0.2, -0.15) is 5.10 Å². The number of fused-ring (bicyclic) bond motifs is 1. The van der Waals surface area contributed by atoms with E-state index in [0.29, 0.717) is 11.9 Å². The standard InChI is InChI=1S/C16H29N5OS/c1-3-7-20-15(11-22)17-21(16(20)23)12-19-8-4-5-13-10-18(2)9-6-14(13)19/h13-14,22H,3-12H2,1-2H3. The molecule has 2 atom stereocenters. The van der Waals surface area contributed by atoms with Gasteiger partial charge in [-0.1, -0.05) is 6.92 Å². The van der Waals surface area contributed by atoms with Gasteiger partial charge in [-0.05, 0) is 57.4 Å². The topological polar surface area (TPSA) is 49.5 Å². The molecule has 23 heavy (non-hydrogen) atoms. The second-order valence-corrected chi connectivity index (χ2v) is 7.35. The first-order valence-electron chi connectivity index (χ1n) is 8.84. The van der Waals surface area contributed by atoms with E-state index in [9.17, 15) is 5.11 Å². The van der Waals surface area contributed by atoms with Gasteiger partial charge in [0.25, 0.3) is 0 Å². The van der Waals surface area contributed by atoms with Crippen molar-refractivity contribution in [3.63, 3.8) is 0 Å². The highest BCUT2D eigenvalue weighted by molar-refractivity contribution is 7.71. The Labute approximate surface area is 143 Å². The maximum atomic E-state index is 9.54. The summed E-state index contributed by atoms with van der Waals surface area (Å²) in [6.07, 6.45) is 4.82. The van der Waals surface area contributed by atoms with Crippen LogP contribution < -0.4 is 0 Å². The zero-order valence-electron chi connectivity index (χ0n) is 14.3. The number of likely N-dealkylation sites (tertiary alicyclic amines) is 2. The number of aromatic nitrogens is 3. The molecule has 0 aromatic carbocycles. The molecule has 0 radical (unpaired) electrons. The van der Waals surface area contributed by atoms with Crippen molar-refractivity contribution in [1.29, 1.82) is 0 Å². The predicted molar refractivity (Wildman–Crippen MR) is 92.6 cm³/mol. The van der Waals surface area contributed by atoms with Crippen LogP contribution in [-0.4, -0.2) is 62.0 Å². The quantitative estimate of drug-likeness (QED) is 0.828. The molecule has 2 aliphatic heterocycles. The maximum absolute atomic E-state index is 9.54. The zero-order valence-corrected chi connectivity index (χ0v) is 15.1. The normalized spacial score (nSPS) is 26.4. The Morgan fingerprint density at radius 1 is 1.30 bits per heavy atom. The fourth-order valence-electron chi connectivity index (χ4n) is 4.18. The van der Waals surface area contributed by atoms with Crippen molar-refractivity contribution in [2.75, 3.05) is 26.7 Å². The van der Waals surface area contributed by atoms with Crippen LogP contribution in [0.2, 0.25) is 0 Å². The van der Waals surface area contributed by atoms with Gasteiger partial charge in [0.2, 0.25) is 0 Å². The van der Waals surface area contributed by atoms with Crippen LogP contribution in [0.5, 0.6) is 0 Å². The molecule has 0 bridgehead atoms. The minimum atomic E-state index is -0.0481. The second-order valence-electron chi connectivity index (χ2n) is 6.98. The van der Waals surface area contributed by atoms with Crippen LogP contribution in [0.3, 0.4) is 0 Å². The van der Waals surface area contributed by atoms with Gasteiger partial charge in [0.15, 0.2) is 10.6 Å². The third-order valence-electron chi connectivity index (χ3n) is 5.29. The fourth-order valence-corrected chi connectivity index (χ4v) is 4.47. The lowest BCUT2D eigenvalue weighted by atomic mass is 9.84. The minimum Gasteiger partial charge on any atom is -0.388 e. The number of nitrogens with zero attached hydrogens (tertiary/aromatic N) is 5. The molecule has 0 amide bonds. The van der Waals surface area contributed by atoms with Gasteiger partial charge in [-0.3, -0.25) is 4.90 Å². The van der Waals surface area contributed by atoms with Crippen LogP contribution in [0.1, 0.15) is 38.4 Å². The largest absolute Gasteiger partial charge is 0.388 e. The number of rotatable bonds is 5. The van der Waals surface area contributed by atoms with E-state index in [-0.39, 0.29) is 6.61 Å². The molecule has 1 aromatic rings. The average molecular weight is 340 g/mol. The van der Waals surface area contributed by atoms with Gasteiger partial charge >= 0.3 is 0 Å². The molecule has 1 aromatic heterocycles. The van der Waals surface area contributed by atoms with Crippen molar-refractivity contribution < 1.29 is 5.11 Å². The van der Waals surface area contributed by atoms with Crippen LogP contribution in [0, 0.1) is 10.7 Å². The van der Waals surface area contributed by atoms with E-state index >= 15 is 0 Å². The van der Waals surface area contributed by atoms with E-state index in [1.54, 1.807) is 0 Å². The Morgan fingerprint density at radius 2 is 2.13 bits per heavy atom. The first kappa shape index (κ1) is 17.1. The number of hydrogen-bond acceptors (Lipinski definition) is 5. The van der Waals surface area contributed by atoms with E-state index in [1.165, 1.54) is 32.4 Å². The Kier molecular flexibility index (Phi) is 5.51. The molecule has 7 heteroatoms. The molecule has 1 N–H and O–H groups in total. The summed E-state index contributed by atoms with van der Waals surface area (Å²) in [7, 11) is 2.23. The molecular formula is C16H29N5OS. The van der Waals surface area contributed by atoms with Gasteiger partial charge < -0.3 is 14.6 Å². The zero-order chi connectivity index (χ0) is 16.4. The fraction of sp³-hybridized carbons (Fsp3) is 0.875. The van der Waals surface area contributed by atoms with Crippen molar-refractivity contribution >= 4 is 12.2 Å². The third-order valence-corrected chi connectivity index (χ3v) is 5.72. The van der Waals surface area contributed by atoms with Crippen LogP contribution in [0.25, 0.3) is 0 Å². The molecule has 2 saturated heterocycles. The summed E-state index contributed by atoms with van der Waals surface area (Å²) in [5.41, 5.74) is 0. The molecular weight excluding hydrogens is 310 g/mol.